The molecule has 0 unspecified atom stereocenters. The van der Waals surface area contributed by atoms with E-state index in [0.29, 0.717) is 10.6 Å². The molecule has 3 aromatic heterocycles. The van der Waals surface area contributed by atoms with E-state index in [1.54, 1.807) is 23.3 Å². The third-order valence-electron chi connectivity index (χ3n) is 4.90. The van der Waals surface area contributed by atoms with Crippen LogP contribution >= 0.6 is 12.2 Å². The highest BCUT2D eigenvalue weighted by Crippen LogP contribution is 2.27. The number of aromatic nitrogens is 6. The van der Waals surface area contributed by atoms with Gasteiger partial charge in [0, 0.05) is 36.3 Å². The Morgan fingerprint density at radius 1 is 1.20 bits per heavy atom. The third kappa shape index (κ3) is 3.60. The summed E-state index contributed by atoms with van der Waals surface area (Å²) in [4.78, 5) is 4.23. The Kier molecular flexibility index (Phi) is 5.04. The average molecular weight is 417 g/mol. The van der Waals surface area contributed by atoms with Gasteiger partial charge in [-0.05, 0) is 49.3 Å². The highest BCUT2D eigenvalue weighted by molar-refractivity contribution is 7.71. The molecule has 150 valence electrons. The van der Waals surface area contributed by atoms with E-state index in [9.17, 15) is 0 Å². The topological polar surface area (TPSA) is 85.9 Å². The molecule has 1 N–H and O–H groups in total. The molecular formula is C21H19N7OS. The molecule has 1 aromatic carbocycles. The Bertz CT molecular complexity index is 1220. The van der Waals surface area contributed by atoms with Gasteiger partial charge in [-0.25, -0.2) is 4.68 Å². The summed E-state index contributed by atoms with van der Waals surface area (Å²) in [7, 11) is 0. The zero-order valence-corrected chi connectivity index (χ0v) is 16.9. The third-order valence-corrected chi connectivity index (χ3v) is 5.17. The molecule has 9 heteroatoms. The van der Waals surface area contributed by atoms with E-state index in [0.717, 1.165) is 42.0 Å². The largest absolute Gasteiger partial charge is 0.370 e. The van der Waals surface area contributed by atoms with E-state index < -0.39 is 0 Å². The molecule has 0 saturated carbocycles. The average Bonchev–Trinajstić information content (AvgIpc) is 3.54. The van der Waals surface area contributed by atoms with Crippen molar-refractivity contribution in [3.05, 3.63) is 77.2 Å². The molecular weight excluding hydrogens is 398 g/mol. The van der Waals surface area contributed by atoms with Gasteiger partial charge in [0.2, 0.25) is 4.77 Å². The van der Waals surface area contributed by atoms with Crippen LogP contribution in [0.5, 0.6) is 0 Å². The van der Waals surface area contributed by atoms with Gasteiger partial charge in [-0.1, -0.05) is 18.2 Å². The number of rotatable bonds is 5. The molecule has 1 aliphatic heterocycles. The summed E-state index contributed by atoms with van der Waals surface area (Å²) in [6.45, 7) is 0.725. The van der Waals surface area contributed by atoms with Gasteiger partial charge in [-0.15, -0.1) is 0 Å². The molecule has 1 atom stereocenters. The molecule has 5 rings (SSSR count). The summed E-state index contributed by atoms with van der Waals surface area (Å²) < 4.78 is 9.63. The molecule has 0 spiro atoms. The van der Waals surface area contributed by atoms with Crippen LogP contribution in [-0.2, 0) is 4.74 Å². The Balaban J connectivity index is 1.57. The Morgan fingerprint density at radius 3 is 2.87 bits per heavy atom. The number of aromatic amines is 1. The van der Waals surface area contributed by atoms with Gasteiger partial charge in [0.15, 0.2) is 5.82 Å². The maximum absolute atomic E-state index is 5.75. The number of H-pyrrole nitrogens is 1. The maximum Gasteiger partial charge on any atom is 0.216 e. The fourth-order valence-electron chi connectivity index (χ4n) is 3.45. The standard InChI is InChI=1S/C21H19N7OS/c30-21-25-24-20(18-9-5-11-29-18)28(21)23-13-16-14-27(17-7-2-1-3-8-17)26-19(16)15-6-4-10-22-12-15/h1-4,6-8,10,12-14,18H,5,9,11H2,(H,25,30)/b23-13-/t18-/m1/s1. The van der Waals surface area contributed by atoms with Crippen molar-refractivity contribution in [3.8, 4) is 16.9 Å². The molecule has 1 fully saturated rings. The van der Waals surface area contributed by atoms with E-state index in [1.165, 1.54) is 0 Å². The predicted molar refractivity (Wildman–Crippen MR) is 115 cm³/mol. The second-order valence-electron chi connectivity index (χ2n) is 6.90. The van der Waals surface area contributed by atoms with Crippen molar-refractivity contribution in [3.63, 3.8) is 0 Å². The van der Waals surface area contributed by atoms with E-state index in [-0.39, 0.29) is 6.10 Å². The van der Waals surface area contributed by atoms with Gasteiger partial charge in [0.1, 0.15) is 11.8 Å². The Hall–Kier alpha value is -3.43. The highest BCUT2D eigenvalue weighted by Gasteiger charge is 2.23. The van der Waals surface area contributed by atoms with E-state index >= 15 is 0 Å². The summed E-state index contributed by atoms with van der Waals surface area (Å²) in [5.41, 5.74) is 3.49. The molecule has 1 aliphatic rings. The molecule has 0 bridgehead atoms. The van der Waals surface area contributed by atoms with Gasteiger partial charge in [-0.3, -0.25) is 10.1 Å². The zero-order chi connectivity index (χ0) is 20.3. The molecule has 4 heterocycles. The first-order valence-electron chi connectivity index (χ1n) is 9.68. The van der Waals surface area contributed by atoms with Crippen LogP contribution in [-0.4, -0.2) is 42.5 Å². The minimum atomic E-state index is -0.0973. The summed E-state index contributed by atoms with van der Waals surface area (Å²) in [5.74, 6) is 0.687. The van der Waals surface area contributed by atoms with Gasteiger partial charge in [0.25, 0.3) is 0 Å². The van der Waals surface area contributed by atoms with Crippen LogP contribution in [0.3, 0.4) is 0 Å². The minimum Gasteiger partial charge on any atom is -0.370 e. The normalized spacial score (nSPS) is 16.5. The zero-order valence-electron chi connectivity index (χ0n) is 16.0. The Labute approximate surface area is 177 Å². The van der Waals surface area contributed by atoms with Gasteiger partial charge < -0.3 is 4.74 Å². The number of ether oxygens (including phenoxy) is 1. The quantitative estimate of drug-likeness (QED) is 0.393. The van der Waals surface area contributed by atoms with Crippen molar-refractivity contribution < 1.29 is 4.74 Å². The number of pyridine rings is 1. The van der Waals surface area contributed by atoms with Crippen LogP contribution in [0.25, 0.3) is 16.9 Å². The molecule has 8 nitrogen and oxygen atoms in total. The molecule has 0 amide bonds. The molecule has 30 heavy (non-hydrogen) atoms. The van der Waals surface area contributed by atoms with Crippen LogP contribution in [0.1, 0.15) is 30.3 Å². The lowest BCUT2D eigenvalue weighted by atomic mass is 10.1. The van der Waals surface area contributed by atoms with Crippen LogP contribution in [0.4, 0.5) is 0 Å². The predicted octanol–water partition coefficient (Wildman–Crippen LogP) is 3.92. The van der Waals surface area contributed by atoms with Crippen molar-refractivity contribution in [2.75, 3.05) is 6.61 Å². The second kappa shape index (κ2) is 8.13. The van der Waals surface area contributed by atoms with Crippen molar-refractivity contribution in [1.29, 1.82) is 0 Å². The SMILES string of the molecule is S=c1[nH]nc([C@H]2CCCO2)n1/N=C\c1cn(-c2ccccc2)nc1-c1cccnc1. The molecule has 4 aromatic rings. The summed E-state index contributed by atoms with van der Waals surface area (Å²) >= 11 is 5.38. The van der Waals surface area contributed by atoms with Crippen molar-refractivity contribution >= 4 is 18.4 Å². The van der Waals surface area contributed by atoms with E-state index in [2.05, 4.69) is 20.3 Å². The van der Waals surface area contributed by atoms with E-state index in [4.69, 9.17) is 22.1 Å². The van der Waals surface area contributed by atoms with Crippen LogP contribution < -0.4 is 0 Å². The first kappa shape index (κ1) is 18.6. The number of nitrogens with zero attached hydrogens (tertiary/aromatic N) is 6. The first-order chi connectivity index (χ1) is 14.8. The number of hydrogen-bond donors (Lipinski definition) is 1. The number of para-hydroxylation sites is 1. The first-order valence-corrected chi connectivity index (χ1v) is 10.1. The second-order valence-corrected chi connectivity index (χ2v) is 7.29. The minimum absolute atomic E-state index is 0.0973. The highest BCUT2D eigenvalue weighted by atomic mass is 32.1. The smallest absolute Gasteiger partial charge is 0.216 e. The lowest BCUT2D eigenvalue weighted by molar-refractivity contribution is 0.102. The number of benzene rings is 1. The van der Waals surface area contributed by atoms with Gasteiger partial charge in [0.05, 0.1) is 11.9 Å². The maximum atomic E-state index is 5.75. The fourth-order valence-corrected chi connectivity index (χ4v) is 3.63. The van der Waals surface area contributed by atoms with Gasteiger partial charge in [-0.2, -0.15) is 20.0 Å². The molecule has 0 radical (unpaired) electrons. The summed E-state index contributed by atoms with van der Waals surface area (Å²) in [5, 5.41) is 16.5. The van der Waals surface area contributed by atoms with Crippen molar-refractivity contribution in [2.45, 2.75) is 18.9 Å². The summed E-state index contributed by atoms with van der Waals surface area (Å²) in [6, 6.07) is 13.8. The van der Waals surface area contributed by atoms with Crippen LogP contribution in [0.2, 0.25) is 0 Å². The van der Waals surface area contributed by atoms with Crippen LogP contribution in [0, 0.1) is 4.77 Å². The lowest BCUT2D eigenvalue weighted by Gasteiger charge is -2.07. The van der Waals surface area contributed by atoms with E-state index in [1.807, 2.05) is 53.3 Å². The fraction of sp³-hybridized carbons (Fsp3) is 0.190. The van der Waals surface area contributed by atoms with Crippen molar-refractivity contribution in [1.82, 2.24) is 29.6 Å². The Morgan fingerprint density at radius 2 is 2.10 bits per heavy atom. The number of nitrogens with one attached hydrogen (secondary N) is 1. The molecule has 1 saturated heterocycles. The monoisotopic (exact) mass is 417 g/mol. The van der Waals surface area contributed by atoms with Gasteiger partial charge >= 0.3 is 0 Å². The van der Waals surface area contributed by atoms with Crippen molar-refractivity contribution in [2.24, 2.45) is 5.10 Å². The summed E-state index contributed by atoms with van der Waals surface area (Å²) in [6.07, 6.45) is 9.03. The number of hydrogen-bond acceptors (Lipinski definition) is 6. The van der Waals surface area contributed by atoms with Crippen LogP contribution in [0.15, 0.2) is 66.2 Å². The lowest BCUT2D eigenvalue weighted by Crippen LogP contribution is -2.05. The molecule has 0 aliphatic carbocycles.